The topological polar surface area (TPSA) is 84.4 Å². The Kier molecular flexibility index (Phi) is 6.67. The number of halogens is 3. The van der Waals surface area contributed by atoms with E-state index in [1.807, 2.05) is 6.92 Å². The number of nitrogens with zero attached hydrogens (tertiary/aromatic N) is 3. The van der Waals surface area contributed by atoms with Crippen LogP contribution in [0.15, 0.2) is 75.8 Å². The van der Waals surface area contributed by atoms with E-state index in [2.05, 4.69) is 15.5 Å². The number of aromatic nitrogens is 2. The molecule has 0 spiro atoms. The second-order valence-corrected chi connectivity index (χ2v) is 7.45. The number of carbonyl (C=O) groups is 1. The highest BCUT2D eigenvalue weighted by Gasteiger charge is 2.30. The summed E-state index contributed by atoms with van der Waals surface area (Å²) in [6.45, 7) is 2.41. The quantitative estimate of drug-likeness (QED) is 0.333. The number of rotatable bonds is 8. The van der Waals surface area contributed by atoms with Crippen LogP contribution in [-0.4, -0.2) is 27.5 Å². The third kappa shape index (κ3) is 5.28. The maximum atomic E-state index is 13.4. The van der Waals surface area contributed by atoms with Gasteiger partial charge in [-0.3, -0.25) is 4.79 Å². The highest BCUT2D eigenvalue weighted by Crippen LogP contribution is 2.32. The molecule has 4 rings (SSSR count). The van der Waals surface area contributed by atoms with Gasteiger partial charge in [-0.2, -0.15) is 13.2 Å². The zero-order chi connectivity index (χ0) is 24.1. The van der Waals surface area contributed by atoms with Crippen molar-refractivity contribution < 1.29 is 26.8 Å². The lowest BCUT2D eigenvalue weighted by Crippen LogP contribution is -2.32. The fourth-order valence-corrected chi connectivity index (χ4v) is 3.38. The van der Waals surface area contributed by atoms with Gasteiger partial charge in [0.15, 0.2) is 5.76 Å². The molecule has 10 heteroatoms. The summed E-state index contributed by atoms with van der Waals surface area (Å²) in [6, 6.07) is 14.8. The molecule has 1 N–H and O–H groups in total. The number of furan rings is 1. The lowest BCUT2D eigenvalue weighted by Gasteiger charge is -2.22. The van der Waals surface area contributed by atoms with E-state index in [4.69, 9.17) is 8.83 Å². The van der Waals surface area contributed by atoms with Gasteiger partial charge in [-0.25, -0.2) is 0 Å². The van der Waals surface area contributed by atoms with E-state index in [0.29, 0.717) is 30.0 Å². The molecule has 1 amide bonds. The number of hydrogen-bond acceptors (Lipinski definition) is 6. The van der Waals surface area contributed by atoms with Crippen LogP contribution in [0.1, 0.15) is 35.2 Å². The smallest absolute Gasteiger partial charge is 0.416 e. The molecule has 7 nitrogen and oxygen atoms in total. The Hall–Kier alpha value is -4.08. The van der Waals surface area contributed by atoms with Crippen molar-refractivity contribution in [3.05, 3.63) is 83.9 Å². The molecule has 0 unspecified atom stereocenters. The second kappa shape index (κ2) is 9.82. The Morgan fingerprint density at radius 3 is 2.62 bits per heavy atom. The van der Waals surface area contributed by atoms with Gasteiger partial charge < -0.3 is 19.1 Å². The van der Waals surface area contributed by atoms with E-state index >= 15 is 0 Å². The zero-order valence-corrected chi connectivity index (χ0v) is 18.2. The number of nitrogens with one attached hydrogen (secondary N) is 1. The molecule has 0 atom stereocenters. The Labute approximate surface area is 193 Å². The molecule has 2 heterocycles. The molecule has 2 aromatic heterocycles. The first kappa shape index (κ1) is 23.1. The van der Waals surface area contributed by atoms with Crippen LogP contribution in [0.4, 0.5) is 24.5 Å². The summed E-state index contributed by atoms with van der Waals surface area (Å²) in [5.41, 5.74) is 0.128. The average Bonchev–Trinajstić information content (AvgIpc) is 3.51. The van der Waals surface area contributed by atoms with Crippen LogP contribution in [0.25, 0.3) is 11.7 Å². The monoisotopic (exact) mass is 470 g/mol. The van der Waals surface area contributed by atoms with E-state index < -0.39 is 11.7 Å². The molecule has 0 bridgehead atoms. The summed E-state index contributed by atoms with van der Waals surface area (Å²) in [5.74, 6) is 0.532. The number of alkyl halides is 3. The van der Waals surface area contributed by atoms with E-state index in [9.17, 15) is 18.0 Å². The fourth-order valence-electron chi connectivity index (χ4n) is 3.38. The predicted molar refractivity (Wildman–Crippen MR) is 118 cm³/mol. The molecular weight excluding hydrogens is 449 g/mol. The Morgan fingerprint density at radius 1 is 1.06 bits per heavy atom. The second-order valence-electron chi connectivity index (χ2n) is 7.45. The summed E-state index contributed by atoms with van der Waals surface area (Å²) in [5, 5.41) is 10.9. The minimum Gasteiger partial charge on any atom is -0.459 e. The molecule has 0 aliphatic rings. The molecule has 0 fully saturated rings. The van der Waals surface area contributed by atoms with Gasteiger partial charge in [0.25, 0.3) is 11.8 Å². The van der Waals surface area contributed by atoms with Gasteiger partial charge in [0.2, 0.25) is 5.89 Å². The molecule has 0 radical (unpaired) electrons. The molecule has 34 heavy (non-hydrogen) atoms. The summed E-state index contributed by atoms with van der Waals surface area (Å²) >= 11 is 0. The van der Waals surface area contributed by atoms with Crippen LogP contribution in [0.2, 0.25) is 0 Å². The average molecular weight is 470 g/mol. The summed E-state index contributed by atoms with van der Waals surface area (Å²) in [7, 11) is 0. The van der Waals surface area contributed by atoms with Crippen LogP contribution < -0.4 is 5.32 Å². The maximum absolute atomic E-state index is 13.4. The molecule has 0 aliphatic heterocycles. The first-order valence-electron chi connectivity index (χ1n) is 10.5. The van der Waals surface area contributed by atoms with Crippen LogP contribution in [0.3, 0.4) is 0 Å². The number of para-hydroxylation sites is 1. The van der Waals surface area contributed by atoms with Crippen molar-refractivity contribution in [2.24, 2.45) is 0 Å². The fraction of sp³-hybridized carbons (Fsp3) is 0.208. The molecule has 176 valence electrons. The molecule has 0 saturated carbocycles. The normalized spacial score (nSPS) is 11.4. The third-order valence-electron chi connectivity index (χ3n) is 4.93. The molecule has 2 aromatic carbocycles. The SMILES string of the molecule is CCCN(Cc1nnc(-c2ccco2)o1)C(=O)c1ccccc1Nc1cccc(C(F)(F)F)c1. The standard InChI is InChI=1S/C24H21F3N4O3/c1-2-12-31(15-21-29-30-22(34-21)20-11-6-13-33-20)23(32)18-9-3-4-10-19(18)28-17-8-5-7-16(14-17)24(25,26)27/h3-11,13-14,28H,2,12,15H2,1H3. The van der Waals surface area contributed by atoms with Gasteiger partial charge in [0.05, 0.1) is 29.6 Å². The minimum absolute atomic E-state index is 0.0677. The van der Waals surface area contributed by atoms with Crippen molar-refractivity contribution in [1.82, 2.24) is 15.1 Å². The molecular formula is C24H21F3N4O3. The van der Waals surface area contributed by atoms with E-state index in [1.54, 1.807) is 41.3 Å². The van der Waals surface area contributed by atoms with Crippen molar-refractivity contribution in [3.63, 3.8) is 0 Å². The molecule has 0 aliphatic carbocycles. The highest BCUT2D eigenvalue weighted by atomic mass is 19.4. The number of benzene rings is 2. The van der Waals surface area contributed by atoms with Crippen LogP contribution >= 0.6 is 0 Å². The molecule has 4 aromatic rings. The Bertz CT molecular complexity index is 1250. The van der Waals surface area contributed by atoms with Crippen molar-refractivity contribution in [2.75, 3.05) is 11.9 Å². The van der Waals surface area contributed by atoms with Crippen molar-refractivity contribution in [1.29, 1.82) is 0 Å². The van der Waals surface area contributed by atoms with Crippen LogP contribution in [-0.2, 0) is 12.7 Å². The first-order valence-corrected chi connectivity index (χ1v) is 10.5. The highest BCUT2D eigenvalue weighted by molar-refractivity contribution is 6.00. The van der Waals surface area contributed by atoms with Crippen LogP contribution in [0, 0.1) is 0 Å². The summed E-state index contributed by atoms with van der Waals surface area (Å²) < 4.78 is 50.1. The lowest BCUT2D eigenvalue weighted by atomic mass is 10.1. The van der Waals surface area contributed by atoms with Gasteiger partial charge in [-0.15, -0.1) is 10.2 Å². The van der Waals surface area contributed by atoms with Crippen LogP contribution in [0.5, 0.6) is 0 Å². The van der Waals surface area contributed by atoms with Crippen molar-refractivity contribution in [3.8, 4) is 11.7 Å². The van der Waals surface area contributed by atoms with Gasteiger partial charge in [0, 0.05) is 12.2 Å². The predicted octanol–water partition coefficient (Wildman–Crippen LogP) is 6.14. The number of carbonyl (C=O) groups excluding carboxylic acids is 1. The lowest BCUT2D eigenvalue weighted by molar-refractivity contribution is -0.137. The molecule has 0 saturated heterocycles. The number of hydrogen-bond donors (Lipinski definition) is 1. The van der Waals surface area contributed by atoms with Crippen molar-refractivity contribution >= 4 is 17.3 Å². The Morgan fingerprint density at radius 2 is 1.88 bits per heavy atom. The van der Waals surface area contributed by atoms with E-state index in [-0.39, 0.29) is 29.9 Å². The van der Waals surface area contributed by atoms with Crippen molar-refractivity contribution in [2.45, 2.75) is 26.1 Å². The Balaban J connectivity index is 1.56. The third-order valence-corrected chi connectivity index (χ3v) is 4.93. The number of anilines is 2. The zero-order valence-electron chi connectivity index (χ0n) is 18.2. The number of amides is 1. The first-order chi connectivity index (χ1) is 16.3. The van der Waals surface area contributed by atoms with E-state index in [0.717, 1.165) is 12.1 Å². The summed E-state index contributed by atoms with van der Waals surface area (Å²) in [4.78, 5) is 15.0. The maximum Gasteiger partial charge on any atom is 0.416 e. The van der Waals surface area contributed by atoms with Gasteiger partial charge >= 0.3 is 6.18 Å². The van der Waals surface area contributed by atoms with E-state index in [1.165, 1.54) is 18.4 Å². The van der Waals surface area contributed by atoms with Gasteiger partial charge in [0.1, 0.15) is 0 Å². The van der Waals surface area contributed by atoms with Gasteiger partial charge in [-0.1, -0.05) is 25.1 Å². The summed E-state index contributed by atoms with van der Waals surface area (Å²) in [6.07, 6.45) is -2.31. The largest absolute Gasteiger partial charge is 0.459 e. The van der Waals surface area contributed by atoms with Gasteiger partial charge in [-0.05, 0) is 48.9 Å². The minimum atomic E-state index is -4.47.